The van der Waals surface area contributed by atoms with Crippen LogP contribution in [0.4, 0.5) is 10.8 Å². The fourth-order valence-corrected chi connectivity index (χ4v) is 4.55. The number of rotatable bonds is 6. The van der Waals surface area contributed by atoms with Crippen molar-refractivity contribution < 1.29 is 13.2 Å². The van der Waals surface area contributed by atoms with Crippen molar-refractivity contribution >= 4 is 38.1 Å². The van der Waals surface area contributed by atoms with Crippen LogP contribution in [0.25, 0.3) is 5.69 Å². The van der Waals surface area contributed by atoms with Crippen LogP contribution >= 0.6 is 11.3 Å². The van der Waals surface area contributed by atoms with Gasteiger partial charge in [0.15, 0.2) is 5.13 Å². The molecule has 2 N–H and O–H groups in total. The molecule has 1 amide bonds. The van der Waals surface area contributed by atoms with E-state index in [9.17, 15) is 13.2 Å². The van der Waals surface area contributed by atoms with Crippen molar-refractivity contribution in [2.75, 3.05) is 10.0 Å². The number of aryl methyl sites for hydroxylation is 1. The fourth-order valence-electron chi connectivity index (χ4n) is 2.76. The van der Waals surface area contributed by atoms with E-state index in [-0.39, 0.29) is 10.8 Å². The van der Waals surface area contributed by atoms with E-state index < -0.39 is 10.0 Å². The van der Waals surface area contributed by atoms with Crippen LogP contribution < -0.4 is 10.0 Å². The maximum atomic E-state index is 12.5. The molecule has 0 unspecified atom stereocenters. The molecule has 2 aromatic heterocycles. The van der Waals surface area contributed by atoms with Crippen molar-refractivity contribution in [3.63, 3.8) is 0 Å². The second-order valence-corrected chi connectivity index (χ2v) is 8.93. The summed E-state index contributed by atoms with van der Waals surface area (Å²) < 4.78 is 28.9. The molecule has 2 aromatic carbocycles. The summed E-state index contributed by atoms with van der Waals surface area (Å²) in [5.74, 6) is -0.296. The highest BCUT2D eigenvalue weighted by molar-refractivity contribution is 7.93. The van der Waals surface area contributed by atoms with E-state index >= 15 is 0 Å². The average Bonchev–Trinajstić information content (AvgIpc) is 3.40. The van der Waals surface area contributed by atoms with E-state index in [0.717, 1.165) is 11.4 Å². The summed E-state index contributed by atoms with van der Waals surface area (Å²) in [7, 11) is -3.73. The molecule has 4 aromatic rings. The summed E-state index contributed by atoms with van der Waals surface area (Å²) in [5, 5.41) is 8.97. The second kappa shape index (κ2) is 8.09. The Morgan fingerprint density at radius 2 is 1.73 bits per heavy atom. The van der Waals surface area contributed by atoms with Crippen LogP contribution in [-0.4, -0.2) is 29.1 Å². The van der Waals surface area contributed by atoms with Gasteiger partial charge in [-0.25, -0.2) is 18.1 Å². The Hall–Kier alpha value is -3.50. The first-order chi connectivity index (χ1) is 14.4. The largest absolute Gasteiger partial charge is 0.322 e. The molecule has 0 saturated heterocycles. The second-order valence-electron chi connectivity index (χ2n) is 6.35. The SMILES string of the molecule is Cc1ccnn1-c1ccc(C(=O)Nc2ccc(S(=O)(=O)Nc3nccs3)cc2)cc1. The number of carbonyl (C=O) groups excluding carboxylic acids is 1. The number of carbonyl (C=O) groups is 1. The van der Waals surface area contributed by atoms with Gasteiger partial charge >= 0.3 is 0 Å². The van der Waals surface area contributed by atoms with Gasteiger partial charge in [-0.15, -0.1) is 11.3 Å². The Balaban J connectivity index is 1.44. The van der Waals surface area contributed by atoms with Gasteiger partial charge in [-0.2, -0.15) is 5.10 Å². The van der Waals surface area contributed by atoms with Crippen LogP contribution in [-0.2, 0) is 10.0 Å². The van der Waals surface area contributed by atoms with Crippen LogP contribution in [0.1, 0.15) is 16.1 Å². The number of anilines is 2. The Morgan fingerprint density at radius 3 is 2.33 bits per heavy atom. The molecule has 30 heavy (non-hydrogen) atoms. The maximum absolute atomic E-state index is 12.5. The number of nitrogens with zero attached hydrogens (tertiary/aromatic N) is 3. The molecule has 8 nitrogen and oxygen atoms in total. The number of nitrogens with one attached hydrogen (secondary N) is 2. The van der Waals surface area contributed by atoms with Gasteiger partial charge in [0.05, 0.1) is 10.6 Å². The molecular weight excluding hydrogens is 422 g/mol. The van der Waals surface area contributed by atoms with Gasteiger partial charge in [0, 0.05) is 34.7 Å². The van der Waals surface area contributed by atoms with Crippen molar-refractivity contribution in [2.24, 2.45) is 0 Å². The van der Waals surface area contributed by atoms with Crippen molar-refractivity contribution in [3.8, 4) is 5.69 Å². The molecule has 0 atom stereocenters. The lowest BCUT2D eigenvalue weighted by molar-refractivity contribution is 0.102. The van der Waals surface area contributed by atoms with E-state index in [2.05, 4.69) is 20.1 Å². The highest BCUT2D eigenvalue weighted by Gasteiger charge is 2.16. The number of amides is 1. The van der Waals surface area contributed by atoms with Crippen LogP contribution in [0.15, 0.2) is 77.3 Å². The molecule has 0 spiro atoms. The summed E-state index contributed by atoms with van der Waals surface area (Å²) in [4.78, 5) is 16.5. The maximum Gasteiger partial charge on any atom is 0.263 e. The van der Waals surface area contributed by atoms with Gasteiger partial charge in [-0.05, 0) is 61.5 Å². The minimum Gasteiger partial charge on any atom is -0.322 e. The topological polar surface area (TPSA) is 106 Å². The highest BCUT2D eigenvalue weighted by atomic mass is 32.2. The van der Waals surface area contributed by atoms with Crippen LogP contribution in [0, 0.1) is 6.92 Å². The van der Waals surface area contributed by atoms with E-state index in [1.54, 1.807) is 28.4 Å². The lowest BCUT2D eigenvalue weighted by Gasteiger charge is -2.09. The normalized spacial score (nSPS) is 11.2. The lowest BCUT2D eigenvalue weighted by Crippen LogP contribution is -2.14. The van der Waals surface area contributed by atoms with Crippen molar-refractivity contribution in [2.45, 2.75) is 11.8 Å². The first-order valence-electron chi connectivity index (χ1n) is 8.87. The molecule has 0 aliphatic heterocycles. The molecule has 0 fully saturated rings. The molecule has 10 heteroatoms. The molecule has 0 aliphatic carbocycles. The van der Waals surface area contributed by atoms with Gasteiger partial charge in [-0.3, -0.25) is 9.52 Å². The summed E-state index contributed by atoms with van der Waals surface area (Å²) >= 11 is 1.19. The average molecular weight is 440 g/mol. The smallest absolute Gasteiger partial charge is 0.263 e. The molecule has 0 saturated carbocycles. The highest BCUT2D eigenvalue weighted by Crippen LogP contribution is 2.20. The van der Waals surface area contributed by atoms with Crippen LogP contribution in [0.2, 0.25) is 0 Å². The number of benzene rings is 2. The van der Waals surface area contributed by atoms with E-state index in [0.29, 0.717) is 16.4 Å². The third-order valence-electron chi connectivity index (χ3n) is 4.28. The predicted molar refractivity (Wildman–Crippen MR) is 116 cm³/mol. The van der Waals surface area contributed by atoms with Crippen molar-refractivity contribution in [3.05, 3.63) is 83.6 Å². The summed E-state index contributed by atoms with van der Waals surface area (Å²) in [5.41, 5.74) is 2.81. The van der Waals surface area contributed by atoms with Gasteiger partial charge in [0.1, 0.15) is 0 Å². The first kappa shape index (κ1) is 19.8. The van der Waals surface area contributed by atoms with Gasteiger partial charge < -0.3 is 5.32 Å². The number of aromatic nitrogens is 3. The van der Waals surface area contributed by atoms with Gasteiger partial charge in [0.25, 0.3) is 15.9 Å². The number of hydrogen-bond donors (Lipinski definition) is 2. The molecule has 4 rings (SSSR count). The number of hydrogen-bond acceptors (Lipinski definition) is 6. The molecule has 0 aliphatic rings. The standard InChI is InChI=1S/C20H17N5O3S2/c1-14-10-11-22-25(14)17-6-2-15(3-7-17)19(26)23-16-4-8-18(9-5-16)30(27,28)24-20-21-12-13-29-20/h2-13H,1H3,(H,21,24)(H,23,26). The molecule has 0 bridgehead atoms. The Bertz CT molecular complexity index is 1260. The number of thiazole rings is 1. The predicted octanol–water partition coefficient (Wildman–Crippen LogP) is 3.69. The zero-order valence-corrected chi connectivity index (χ0v) is 17.4. The molecular formula is C20H17N5O3S2. The Kier molecular flexibility index (Phi) is 5.34. The van der Waals surface area contributed by atoms with Gasteiger partial charge in [0.2, 0.25) is 0 Å². The summed E-state index contributed by atoms with van der Waals surface area (Å²) in [6.07, 6.45) is 3.23. The fraction of sp³-hybridized carbons (Fsp3) is 0.0500. The third kappa shape index (κ3) is 4.24. The van der Waals surface area contributed by atoms with Crippen molar-refractivity contribution in [1.82, 2.24) is 14.8 Å². The minimum absolute atomic E-state index is 0.0784. The molecule has 152 valence electrons. The number of sulfonamides is 1. The first-order valence-corrected chi connectivity index (χ1v) is 11.2. The summed E-state index contributed by atoms with van der Waals surface area (Å²) in [6.45, 7) is 1.95. The van der Waals surface area contributed by atoms with Crippen LogP contribution in [0.3, 0.4) is 0 Å². The Labute approximate surface area is 177 Å². The summed E-state index contributed by atoms with van der Waals surface area (Å²) in [6, 6.07) is 14.9. The minimum atomic E-state index is -3.73. The molecule has 2 heterocycles. The van der Waals surface area contributed by atoms with Crippen LogP contribution in [0.5, 0.6) is 0 Å². The zero-order chi connectivity index (χ0) is 21.1. The lowest BCUT2D eigenvalue weighted by atomic mass is 10.2. The Morgan fingerprint density at radius 1 is 1.00 bits per heavy atom. The van der Waals surface area contributed by atoms with Crippen molar-refractivity contribution in [1.29, 1.82) is 0 Å². The van der Waals surface area contributed by atoms with E-state index in [1.807, 2.05) is 25.1 Å². The third-order valence-corrected chi connectivity index (χ3v) is 6.46. The molecule has 0 radical (unpaired) electrons. The zero-order valence-electron chi connectivity index (χ0n) is 15.8. The van der Waals surface area contributed by atoms with E-state index in [1.165, 1.54) is 41.8 Å². The quantitative estimate of drug-likeness (QED) is 0.477. The van der Waals surface area contributed by atoms with E-state index in [4.69, 9.17) is 0 Å². The van der Waals surface area contributed by atoms with Gasteiger partial charge in [-0.1, -0.05) is 0 Å². The monoisotopic (exact) mass is 439 g/mol.